The van der Waals surface area contributed by atoms with Crippen molar-refractivity contribution in [2.75, 3.05) is 25.4 Å². The fourth-order valence-electron chi connectivity index (χ4n) is 1.40. The monoisotopic (exact) mass is 258 g/mol. The normalized spacial score (nSPS) is 11.2. The molecule has 0 radical (unpaired) electrons. The van der Waals surface area contributed by atoms with Crippen molar-refractivity contribution in [2.24, 2.45) is 5.73 Å². The van der Waals surface area contributed by atoms with Crippen LogP contribution in [0.15, 0.2) is 0 Å². The summed E-state index contributed by atoms with van der Waals surface area (Å²) in [5.74, 6) is -0.245. The Balaban J connectivity index is 0. The molecular weight excluding hydrogens is 235 g/mol. The summed E-state index contributed by atoms with van der Waals surface area (Å²) in [6.07, 6.45) is 5.75. The molecule has 17 heavy (non-hydrogen) atoms. The first-order chi connectivity index (χ1) is 7.56. The van der Waals surface area contributed by atoms with Crippen molar-refractivity contribution in [2.45, 2.75) is 38.5 Å². The van der Waals surface area contributed by atoms with Crippen LogP contribution in [0, 0.1) is 0 Å². The van der Waals surface area contributed by atoms with Crippen molar-refractivity contribution in [1.82, 2.24) is 5.32 Å². The van der Waals surface area contributed by atoms with E-state index < -0.39 is 10.1 Å². The summed E-state index contributed by atoms with van der Waals surface area (Å²) in [6, 6.07) is 0. The van der Waals surface area contributed by atoms with E-state index in [0.717, 1.165) is 38.9 Å². The molecule has 98 valence electrons. The summed E-state index contributed by atoms with van der Waals surface area (Å²) in [5.41, 5.74) is 5.37. The van der Waals surface area contributed by atoms with Gasteiger partial charge in [-0.3, -0.25) is 0 Å². The van der Waals surface area contributed by atoms with Gasteiger partial charge in [-0.2, -0.15) is 0 Å². The van der Waals surface area contributed by atoms with Gasteiger partial charge >= 0.3 is 18.9 Å². The third kappa shape index (κ3) is 19.0. The zero-order chi connectivity index (χ0) is 12.3. The number of nitrogens with one attached hydrogen (secondary N) is 1. The molecule has 0 fully saturated rings. The maximum absolute atomic E-state index is 10.3. The molecular formula is C10H23LiN2O3S. The predicted octanol–water partition coefficient (Wildman–Crippen LogP) is -2.58. The number of hydrogen-bond acceptors (Lipinski definition) is 5. The first kappa shape index (κ1) is 19.8. The van der Waals surface area contributed by atoms with E-state index in [1.54, 1.807) is 0 Å². The third-order valence-electron chi connectivity index (χ3n) is 2.31. The van der Waals surface area contributed by atoms with Gasteiger partial charge in [-0.1, -0.05) is 12.8 Å². The van der Waals surface area contributed by atoms with Gasteiger partial charge in [0.15, 0.2) is 0 Å². The topological polar surface area (TPSA) is 95.2 Å². The van der Waals surface area contributed by atoms with Crippen molar-refractivity contribution >= 4 is 10.1 Å². The van der Waals surface area contributed by atoms with E-state index in [9.17, 15) is 13.0 Å². The van der Waals surface area contributed by atoms with Crippen LogP contribution in [0.5, 0.6) is 0 Å². The molecule has 3 N–H and O–H groups in total. The average molecular weight is 258 g/mol. The fourth-order valence-corrected chi connectivity index (χ4v) is 1.96. The molecule has 0 unspecified atom stereocenters. The van der Waals surface area contributed by atoms with Crippen LogP contribution in [-0.2, 0) is 10.1 Å². The van der Waals surface area contributed by atoms with E-state index in [4.69, 9.17) is 5.73 Å². The zero-order valence-electron chi connectivity index (χ0n) is 10.8. The average Bonchev–Trinajstić information content (AvgIpc) is 2.19. The summed E-state index contributed by atoms with van der Waals surface area (Å²) in [4.78, 5) is 0. The quantitative estimate of drug-likeness (QED) is 0.241. The molecule has 0 heterocycles. The van der Waals surface area contributed by atoms with Crippen LogP contribution in [0.4, 0.5) is 0 Å². The summed E-state index contributed by atoms with van der Waals surface area (Å²) in [5, 5.41) is 3.22. The molecule has 0 aromatic rings. The Kier molecular flexibility index (Phi) is 15.0. The predicted molar refractivity (Wildman–Crippen MR) is 64.2 cm³/mol. The third-order valence-corrected chi connectivity index (χ3v) is 3.09. The molecule has 0 aliphatic heterocycles. The maximum Gasteiger partial charge on any atom is 1.00 e. The van der Waals surface area contributed by atoms with Gasteiger partial charge in [-0.25, -0.2) is 8.42 Å². The molecule has 7 heteroatoms. The van der Waals surface area contributed by atoms with Crippen LogP contribution in [0.1, 0.15) is 38.5 Å². The smallest absolute Gasteiger partial charge is 0.748 e. The molecule has 0 saturated carbocycles. The van der Waals surface area contributed by atoms with Crippen molar-refractivity contribution in [3.05, 3.63) is 0 Å². The van der Waals surface area contributed by atoms with E-state index in [-0.39, 0.29) is 24.6 Å². The second-order valence-corrected chi connectivity index (χ2v) is 5.45. The van der Waals surface area contributed by atoms with Crippen molar-refractivity contribution in [1.29, 1.82) is 0 Å². The fraction of sp³-hybridized carbons (Fsp3) is 1.00. The van der Waals surface area contributed by atoms with Gasteiger partial charge in [0.2, 0.25) is 0 Å². The minimum Gasteiger partial charge on any atom is -0.748 e. The molecule has 0 aromatic heterocycles. The molecule has 0 spiro atoms. The van der Waals surface area contributed by atoms with E-state index >= 15 is 0 Å². The molecule has 0 aliphatic carbocycles. The van der Waals surface area contributed by atoms with E-state index in [1.165, 1.54) is 12.8 Å². The Bertz CT molecular complexity index is 248. The summed E-state index contributed by atoms with van der Waals surface area (Å²) < 4.78 is 30.8. The summed E-state index contributed by atoms with van der Waals surface area (Å²) >= 11 is 0. The molecule has 0 saturated heterocycles. The minimum atomic E-state index is -4.02. The van der Waals surface area contributed by atoms with Gasteiger partial charge < -0.3 is 15.6 Å². The van der Waals surface area contributed by atoms with E-state index in [1.807, 2.05) is 0 Å². The summed E-state index contributed by atoms with van der Waals surface area (Å²) in [7, 11) is -4.02. The summed E-state index contributed by atoms with van der Waals surface area (Å²) in [6.45, 7) is 2.50. The second-order valence-electron chi connectivity index (χ2n) is 3.92. The molecule has 0 aromatic carbocycles. The Hall–Kier alpha value is 0.427. The van der Waals surface area contributed by atoms with Crippen LogP contribution in [0.25, 0.3) is 0 Å². The first-order valence-corrected chi connectivity index (χ1v) is 7.48. The Morgan fingerprint density at radius 3 is 2.00 bits per heavy atom. The van der Waals surface area contributed by atoms with Gasteiger partial charge in [-0.05, 0) is 45.3 Å². The molecule has 0 bridgehead atoms. The Morgan fingerprint density at radius 1 is 0.941 bits per heavy atom. The number of unbranched alkanes of at least 4 members (excludes halogenated alkanes) is 4. The molecule has 0 aliphatic rings. The van der Waals surface area contributed by atoms with E-state index in [2.05, 4.69) is 5.32 Å². The number of hydrogen-bond donors (Lipinski definition) is 2. The molecule has 5 nitrogen and oxygen atoms in total. The van der Waals surface area contributed by atoms with Gasteiger partial charge in [0.1, 0.15) is 0 Å². The van der Waals surface area contributed by atoms with Gasteiger partial charge in [0, 0.05) is 5.75 Å². The van der Waals surface area contributed by atoms with Crippen LogP contribution in [0.3, 0.4) is 0 Å². The van der Waals surface area contributed by atoms with Crippen molar-refractivity contribution in [3.8, 4) is 0 Å². The zero-order valence-corrected chi connectivity index (χ0v) is 11.6. The van der Waals surface area contributed by atoms with Crippen molar-refractivity contribution in [3.63, 3.8) is 0 Å². The molecule has 0 amide bonds. The first-order valence-electron chi connectivity index (χ1n) is 5.90. The molecule has 0 atom stereocenters. The second kappa shape index (κ2) is 12.9. The molecule has 0 rings (SSSR count). The van der Waals surface area contributed by atoms with Crippen molar-refractivity contribution < 1.29 is 31.8 Å². The van der Waals surface area contributed by atoms with Crippen LogP contribution >= 0.6 is 0 Å². The van der Waals surface area contributed by atoms with Crippen LogP contribution in [0.2, 0.25) is 0 Å². The van der Waals surface area contributed by atoms with Gasteiger partial charge in [0.25, 0.3) is 0 Å². The SMILES string of the molecule is NCCCCCCNCCCCS(=O)(=O)[O-].[Li+]. The van der Waals surface area contributed by atoms with Crippen LogP contribution in [-0.4, -0.2) is 38.4 Å². The largest absolute Gasteiger partial charge is 1.00 e. The maximum atomic E-state index is 10.3. The Labute approximate surface area is 117 Å². The van der Waals surface area contributed by atoms with E-state index in [0.29, 0.717) is 6.42 Å². The van der Waals surface area contributed by atoms with Crippen LogP contribution < -0.4 is 29.9 Å². The minimum absolute atomic E-state index is 0. The standard InChI is InChI=1S/C10H24N2O3S.Li/c11-7-3-1-2-4-8-12-9-5-6-10-16(13,14)15;/h12H,1-11H2,(H,13,14,15);/q;+1/p-1. The Morgan fingerprint density at radius 2 is 1.47 bits per heavy atom. The number of rotatable bonds is 11. The number of nitrogens with two attached hydrogens (primary N) is 1. The van der Waals surface area contributed by atoms with Gasteiger partial charge in [0.05, 0.1) is 10.1 Å². The van der Waals surface area contributed by atoms with Gasteiger partial charge in [-0.15, -0.1) is 0 Å².